The maximum Gasteiger partial charge on any atom is 0.349 e. The molecule has 1 N–H and O–H groups in total. The third-order valence-corrected chi connectivity index (χ3v) is 2.69. The summed E-state index contributed by atoms with van der Waals surface area (Å²) < 4.78 is 14.5. The van der Waals surface area contributed by atoms with Crippen LogP contribution >= 0.6 is 0 Å². The highest BCUT2D eigenvalue weighted by Crippen LogP contribution is 2.13. The molecular formula is C13H14N2O5. The van der Waals surface area contributed by atoms with Gasteiger partial charge in [0.15, 0.2) is 0 Å². The van der Waals surface area contributed by atoms with Crippen LogP contribution in [0.5, 0.6) is 0 Å². The second-order valence-corrected chi connectivity index (χ2v) is 4.01. The molecule has 0 aliphatic carbocycles. The third kappa shape index (κ3) is 2.94. The maximum atomic E-state index is 12.0. The molecule has 106 valence electrons. The number of imidazole rings is 1. The number of rotatable bonds is 5. The van der Waals surface area contributed by atoms with Crippen LogP contribution in [0.1, 0.15) is 10.4 Å². The van der Waals surface area contributed by atoms with E-state index in [0.29, 0.717) is 11.1 Å². The normalized spacial score (nSPS) is 12.1. The SMILES string of the molecule is COC[C@@H](OC(=O)c1ccc2nc[nH]c2c1)C(=O)OC. The van der Waals surface area contributed by atoms with E-state index in [4.69, 9.17) is 9.47 Å². The Hall–Kier alpha value is -2.41. The molecule has 2 aromatic rings. The van der Waals surface area contributed by atoms with Crippen LogP contribution in [-0.4, -0.2) is 48.8 Å². The molecule has 1 aromatic heterocycles. The summed E-state index contributed by atoms with van der Waals surface area (Å²) >= 11 is 0. The molecule has 0 saturated heterocycles. The number of aromatic amines is 1. The molecule has 0 aliphatic rings. The molecule has 1 aromatic carbocycles. The molecule has 2 rings (SSSR count). The van der Waals surface area contributed by atoms with E-state index in [0.717, 1.165) is 5.52 Å². The fourth-order valence-corrected chi connectivity index (χ4v) is 1.69. The second kappa shape index (κ2) is 6.16. The van der Waals surface area contributed by atoms with Gasteiger partial charge in [0.25, 0.3) is 0 Å². The topological polar surface area (TPSA) is 90.5 Å². The standard InChI is InChI=1S/C13H14N2O5/c1-18-6-11(13(17)19-2)20-12(16)8-3-4-9-10(5-8)15-7-14-9/h3-5,7,11H,6H2,1-2H3,(H,14,15)/t11-/m1/s1. The van der Waals surface area contributed by atoms with E-state index in [9.17, 15) is 9.59 Å². The molecule has 1 atom stereocenters. The molecule has 0 spiro atoms. The van der Waals surface area contributed by atoms with Gasteiger partial charge in [-0.1, -0.05) is 0 Å². The van der Waals surface area contributed by atoms with Gasteiger partial charge in [0.1, 0.15) is 0 Å². The summed E-state index contributed by atoms with van der Waals surface area (Å²) in [7, 11) is 2.62. The number of esters is 2. The zero-order valence-electron chi connectivity index (χ0n) is 11.1. The van der Waals surface area contributed by atoms with Crippen LogP contribution in [0.25, 0.3) is 11.0 Å². The zero-order chi connectivity index (χ0) is 14.5. The number of carbonyl (C=O) groups excluding carboxylic acids is 2. The van der Waals surface area contributed by atoms with E-state index in [1.54, 1.807) is 18.2 Å². The summed E-state index contributed by atoms with van der Waals surface area (Å²) in [6.45, 7) is -0.0648. The summed E-state index contributed by atoms with van der Waals surface area (Å²) in [5.74, 6) is -1.29. The fraction of sp³-hybridized carbons (Fsp3) is 0.308. The van der Waals surface area contributed by atoms with E-state index in [1.165, 1.54) is 20.5 Å². The van der Waals surface area contributed by atoms with Crippen molar-refractivity contribution in [3.8, 4) is 0 Å². The molecule has 1 heterocycles. The predicted molar refractivity (Wildman–Crippen MR) is 69.2 cm³/mol. The van der Waals surface area contributed by atoms with Gasteiger partial charge in [-0.3, -0.25) is 0 Å². The van der Waals surface area contributed by atoms with Crippen LogP contribution in [0.2, 0.25) is 0 Å². The average molecular weight is 278 g/mol. The third-order valence-electron chi connectivity index (χ3n) is 2.69. The van der Waals surface area contributed by atoms with Gasteiger partial charge in [0, 0.05) is 7.11 Å². The van der Waals surface area contributed by atoms with Gasteiger partial charge < -0.3 is 19.2 Å². The Labute approximate surface area is 114 Å². The minimum absolute atomic E-state index is 0.0648. The Balaban J connectivity index is 2.14. The molecule has 20 heavy (non-hydrogen) atoms. The van der Waals surface area contributed by atoms with Gasteiger partial charge in [0.05, 0.1) is 36.6 Å². The molecule has 7 nitrogen and oxygen atoms in total. The quantitative estimate of drug-likeness (QED) is 0.817. The fourth-order valence-electron chi connectivity index (χ4n) is 1.69. The maximum absolute atomic E-state index is 12.0. The van der Waals surface area contributed by atoms with Crippen LogP contribution < -0.4 is 0 Å². The minimum atomic E-state index is -1.09. The highest BCUT2D eigenvalue weighted by Gasteiger charge is 2.24. The van der Waals surface area contributed by atoms with Crippen molar-refractivity contribution in [1.29, 1.82) is 0 Å². The summed E-state index contributed by atoms with van der Waals surface area (Å²) in [6.07, 6.45) is 0.442. The summed E-state index contributed by atoms with van der Waals surface area (Å²) in [4.78, 5) is 30.4. The van der Waals surface area contributed by atoms with Crippen molar-refractivity contribution in [3.05, 3.63) is 30.1 Å². The molecule has 0 bridgehead atoms. The van der Waals surface area contributed by atoms with Crippen molar-refractivity contribution in [2.45, 2.75) is 6.10 Å². The number of hydrogen-bond acceptors (Lipinski definition) is 6. The number of ether oxygens (including phenoxy) is 3. The van der Waals surface area contributed by atoms with Crippen molar-refractivity contribution in [3.63, 3.8) is 0 Å². The molecule has 7 heteroatoms. The van der Waals surface area contributed by atoms with Gasteiger partial charge in [0.2, 0.25) is 6.10 Å². The van der Waals surface area contributed by atoms with E-state index in [2.05, 4.69) is 14.7 Å². The van der Waals surface area contributed by atoms with E-state index < -0.39 is 18.0 Å². The molecule has 0 aliphatic heterocycles. The van der Waals surface area contributed by atoms with Crippen molar-refractivity contribution in [1.82, 2.24) is 9.97 Å². The lowest BCUT2D eigenvalue weighted by atomic mass is 10.2. The number of methoxy groups -OCH3 is 2. The number of H-pyrrole nitrogens is 1. The van der Waals surface area contributed by atoms with Gasteiger partial charge in [-0.15, -0.1) is 0 Å². The minimum Gasteiger partial charge on any atom is -0.466 e. The molecule has 0 saturated carbocycles. The van der Waals surface area contributed by atoms with Crippen molar-refractivity contribution < 1.29 is 23.8 Å². The Morgan fingerprint density at radius 3 is 2.85 bits per heavy atom. The van der Waals surface area contributed by atoms with E-state index in [1.807, 2.05) is 0 Å². The Bertz CT molecular complexity index is 622. The summed E-state index contributed by atoms with van der Waals surface area (Å²) in [6, 6.07) is 4.87. The summed E-state index contributed by atoms with van der Waals surface area (Å²) in [5, 5.41) is 0. The number of hydrogen-bond donors (Lipinski definition) is 1. The number of carbonyl (C=O) groups is 2. The number of nitrogens with zero attached hydrogens (tertiary/aromatic N) is 1. The van der Waals surface area contributed by atoms with Crippen LogP contribution in [0, 0.1) is 0 Å². The predicted octanol–water partition coefficient (Wildman–Crippen LogP) is 0.908. The second-order valence-electron chi connectivity index (χ2n) is 4.01. The first-order valence-electron chi connectivity index (χ1n) is 5.86. The lowest BCUT2D eigenvalue weighted by Gasteiger charge is -2.14. The number of benzene rings is 1. The lowest BCUT2D eigenvalue weighted by Crippen LogP contribution is -2.32. The highest BCUT2D eigenvalue weighted by molar-refractivity contribution is 5.94. The molecule has 0 fully saturated rings. The Kier molecular flexibility index (Phi) is 4.31. The van der Waals surface area contributed by atoms with Gasteiger partial charge in [-0.05, 0) is 18.2 Å². The first kappa shape index (κ1) is 14.0. The summed E-state index contributed by atoms with van der Waals surface area (Å²) in [5.41, 5.74) is 1.76. The Morgan fingerprint density at radius 1 is 1.35 bits per heavy atom. The largest absolute Gasteiger partial charge is 0.466 e. The van der Waals surface area contributed by atoms with E-state index >= 15 is 0 Å². The number of aromatic nitrogens is 2. The molecular weight excluding hydrogens is 264 g/mol. The molecule has 0 amide bonds. The monoisotopic (exact) mass is 278 g/mol. The zero-order valence-corrected chi connectivity index (χ0v) is 11.1. The molecule has 0 radical (unpaired) electrons. The van der Waals surface area contributed by atoms with Crippen LogP contribution in [0.3, 0.4) is 0 Å². The number of nitrogens with one attached hydrogen (secondary N) is 1. The van der Waals surface area contributed by atoms with Gasteiger partial charge in [-0.2, -0.15) is 0 Å². The van der Waals surface area contributed by atoms with E-state index in [-0.39, 0.29) is 6.61 Å². The molecule has 0 unspecified atom stereocenters. The Morgan fingerprint density at radius 2 is 2.15 bits per heavy atom. The lowest BCUT2D eigenvalue weighted by molar-refractivity contribution is -0.153. The highest BCUT2D eigenvalue weighted by atomic mass is 16.6. The number of fused-ring (bicyclic) bond motifs is 1. The van der Waals surface area contributed by atoms with Crippen LogP contribution in [0.4, 0.5) is 0 Å². The average Bonchev–Trinajstić information content (AvgIpc) is 2.93. The van der Waals surface area contributed by atoms with Crippen molar-refractivity contribution >= 4 is 23.0 Å². The first-order valence-corrected chi connectivity index (χ1v) is 5.86. The first-order chi connectivity index (χ1) is 9.65. The van der Waals surface area contributed by atoms with Crippen LogP contribution in [-0.2, 0) is 19.0 Å². The van der Waals surface area contributed by atoms with Gasteiger partial charge in [-0.25, -0.2) is 14.6 Å². The van der Waals surface area contributed by atoms with Gasteiger partial charge >= 0.3 is 11.9 Å². The van der Waals surface area contributed by atoms with Crippen molar-refractivity contribution in [2.24, 2.45) is 0 Å². The van der Waals surface area contributed by atoms with Crippen molar-refractivity contribution in [2.75, 3.05) is 20.8 Å². The smallest absolute Gasteiger partial charge is 0.349 e. The van der Waals surface area contributed by atoms with Crippen LogP contribution in [0.15, 0.2) is 24.5 Å².